The van der Waals surface area contributed by atoms with Gasteiger partial charge in [0.1, 0.15) is 0 Å². The van der Waals surface area contributed by atoms with Crippen LogP contribution in [-0.2, 0) is 11.2 Å². The van der Waals surface area contributed by atoms with Crippen molar-refractivity contribution < 1.29 is 9.84 Å². The molecule has 20 heavy (non-hydrogen) atoms. The molecule has 1 saturated heterocycles. The van der Waals surface area contributed by atoms with Gasteiger partial charge < -0.3 is 9.84 Å². The summed E-state index contributed by atoms with van der Waals surface area (Å²) in [6.07, 6.45) is 2.09. The van der Waals surface area contributed by atoms with Crippen molar-refractivity contribution in [1.29, 1.82) is 0 Å². The Labute approximate surface area is 120 Å². The average molecular weight is 270 g/mol. The minimum Gasteiger partial charge on any atom is -0.389 e. The molecule has 0 amide bonds. The van der Waals surface area contributed by atoms with Gasteiger partial charge in [0.2, 0.25) is 0 Å². The zero-order valence-corrected chi connectivity index (χ0v) is 12.2. The minimum absolute atomic E-state index is 0.239. The van der Waals surface area contributed by atoms with E-state index in [0.29, 0.717) is 25.9 Å². The first-order chi connectivity index (χ1) is 9.48. The maximum atomic E-state index is 10.9. The van der Waals surface area contributed by atoms with Gasteiger partial charge in [-0.3, -0.25) is 0 Å². The molecule has 1 unspecified atom stereocenters. The van der Waals surface area contributed by atoms with Crippen LogP contribution in [0.15, 0.2) is 42.5 Å². The second-order valence-electron chi connectivity index (χ2n) is 6.57. The second-order valence-corrected chi connectivity index (χ2v) is 6.57. The Hall–Kier alpha value is -1.38. The molecular formula is C18H22O2. The van der Waals surface area contributed by atoms with E-state index in [1.807, 2.05) is 0 Å². The Morgan fingerprint density at radius 1 is 1.10 bits per heavy atom. The highest BCUT2D eigenvalue weighted by Crippen LogP contribution is 2.35. The third-order valence-electron chi connectivity index (χ3n) is 4.21. The van der Waals surface area contributed by atoms with Gasteiger partial charge in [-0.05, 0) is 36.6 Å². The molecular weight excluding hydrogens is 248 g/mol. The molecule has 0 bridgehead atoms. The van der Waals surface area contributed by atoms with Crippen LogP contribution in [0.3, 0.4) is 0 Å². The number of fused-ring (bicyclic) bond motifs is 1. The molecule has 2 aromatic rings. The van der Waals surface area contributed by atoms with Crippen LogP contribution in [0.5, 0.6) is 0 Å². The molecule has 1 aliphatic rings. The van der Waals surface area contributed by atoms with E-state index in [-0.39, 0.29) is 5.60 Å². The zero-order valence-electron chi connectivity index (χ0n) is 12.2. The van der Waals surface area contributed by atoms with Gasteiger partial charge in [0.15, 0.2) is 0 Å². The lowest BCUT2D eigenvalue weighted by atomic mass is 9.79. The Bertz CT molecular complexity index is 612. The summed E-state index contributed by atoms with van der Waals surface area (Å²) in [5.41, 5.74) is 0.326. The SMILES string of the molecule is CC1(C)CC(O)(Cc2cccc3ccccc23)CCO1. The Kier molecular flexibility index (Phi) is 3.31. The molecule has 2 nitrogen and oxygen atoms in total. The molecule has 1 N–H and O–H groups in total. The lowest BCUT2D eigenvalue weighted by Gasteiger charge is -2.41. The minimum atomic E-state index is -0.661. The van der Waals surface area contributed by atoms with Crippen molar-refractivity contribution in [2.24, 2.45) is 0 Å². The monoisotopic (exact) mass is 270 g/mol. The molecule has 1 atom stereocenters. The van der Waals surface area contributed by atoms with Gasteiger partial charge in [-0.2, -0.15) is 0 Å². The third-order valence-corrected chi connectivity index (χ3v) is 4.21. The van der Waals surface area contributed by atoms with E-state index in [2.05, 4.69) is 56.3 Å². The fourth-order valence-electron chi connectivity index (χ4n) is 3.40. The maximum absolute atomic E-state index is 10.9. The normalized spacial score (nSPS) is 25.8. The van der Waals surface area contributed by atoms with Crippen molar-refractivity contribution in [2.75, 3.05) is 6.61 Å². The predicted octanol–water partition coefficient (Wildman–Crippen LogP) is 3.70. The van der Waals surface area contributed by atoms with Crippen molar-refractivity contribution in [3.63, 3.8) is 0 Å². The first-order valence-electron chi connectivity index (χ1n) is 7.31. The molecule has 0 saturated carbocycles. The van der Waals surface area contributed by atoms with Crippen LogP contribution < -0.4 is 0 Å². The summed E-state index contributed by atoms with van der Waals surface area (Å²) in [6, 6.07) is 14.7. The van der Waals surface area contributed by atoms with Crippen LogP contribution in [0.4, 0.5) is 0 Å². The van der Waals surface area contributed by atoms with Gasteiger partial charge in [-0.25, -0.2) is 0 Å². The van der Waals surface area contributed by atoms with Crippen LogP contribution in [0.25, 0.3) is 10.8 Å². The smallest absolute Gasteiger partial charge is 0.0737 e. The highest BCUT2D eigenvalue weighted by molar-refractivity contribution is 5.85. The van der Waals surface area contributed by atoms with E-state index >= 15 is 0 Å². The highest BCUT2D eigenvalue weighted by atomic mass is 16.5. The summed E-state index contributed by atoms with van der Waals surface area (Å²) in [6.45, 7) is 4.74. The van der Waals surface area contributed by atoms with Crippen LogP contribution in [0.2, 0.25) is 0 Å². The zero-order chi connectivity index (χ0) is 14.2. The summed E-state index contributed by atoms with van der Waals surface area (Å²) in [4.78, 5) is 0. The number of hydrogen-bond donors (Lipinski definition) is 1. The molecule has 0 spiro atoms. The fraction of sp³-hybridized carbons (Fsp3) is 0.444. The van der Waals surface area contributed by atoms with Gasteiger partial charge in [0, 0.05) is 12.8 Å². The molecule has 3 rings (SSSR count). The average Bonchev–Trinajstić information content (AvgIpc) is 2.37. The lowest BCUT2D eigenvalue weighted by Crippen LogP contribution is -2.47. The largest absolute Gasteiger partial charge is 0.389 e. The molecule has 2 heteroatoms. The van der Waals surface area contributed by atoms with Crippen molar-refractivity contribution in [3.05, 3.63) is 48.0 Å². The van der Waals surface area contributed by atoms with Crippen LogP contribution in [-0.4, -0.2) is 22.9 Å². The first kappa shape index (κ1) is 13.6. The standard InChI is InChI=1S/C18H22O2/c1-17(2)13-18(19,10-11-20-17)12-15-8-5-7-14-6-3-4-9-16(14)15/h3-9,19H,10-13H2,1-2H3. The van der Waals surface area contributed by atoms with E-state index < -0.39 is 5.60 Å². The van der Waals surface area contributed by atoms with E-state index in [0.717, 1.165) is 0 Å². The number of hydrogen-bond acceptors (Lipinski definition) is 2. The molecule has 1 aliphatic heterocycles. The predicted molar refractivity (Wildman–Crippen MR) is 81.9 cm³/mol. The number of benzene rings is 2. The third kappa shape index (κ3) is 2.72. The van der Waals surface area contributed by atoms with E-state index in [1.165, 1.54) is 16.3 Å². The van der Waals surface area contributed by atoms with Crippen molar-refractivity contribution in [3.8, 4) is 0 Å². The molecule has 0 radical (unpaired) electrons. The first-order valence-corrected chi connectivity index (χ1v) is 7.31. The number of ether oxygens (including phenoxy) is 1. The van der Waals surface area contributed by atoms with Gasteiger partial charge in [0.05, 0.1) is 17.8 Å². The van der Waals surface area contributed by atoms with Gasteiger partial charge in [-0.15, -0.1) is 0 Å². The molecule has 1 heterocycles. The second kappa shape index (κ2) is 4.87. The van der Waals surface area contributed by atoms with Gasteiger partial charge >= 0.3 is 0 Å². The van der Waals surface area contributed by atoms with Gasteiger partial charge in [-0.1, -0.05) is 42.5 Å². The van der Waals surface area contributed by atoms with Crippen LogP contribution in [0, 0.1) is 0 Å². The fourth-order valence-corrected chi connectivity index (χ4v) is 3.40. The van der Waals surface area contributed by atoms with Crippen LogP contribution in [0.1, 0.15) is 32.3 Å². The number of rotatable bonds is 2. The Balaban J connectivity index is 1.93. The van der Waals surface area contributed by atoms with Crippen molar-refractivity contribution in [1.82, 2.24) is 0 Å². The molecule has 1 fully saturated rings. The highest BCUT2D eigenvalue weighted by Gasteiger charge is 2.39. The van der Waals surface area contributed by atoms with E-state index in [1.54, 1.807) is 0 Å². The van der Waals surface area contributed by atoms with E-state index in [9.17, 15) is 5.11 Å². The number of aliphatic hydroxyl groups is 1. The molecule has 0 aliphatic carbocycles. The summed E-state index contributed by atoms with van der Waals surface area (Å²) in [5.74, 6) is 0. The summed E-state index contributed by atoms with van der Waals surface area (Å²) in [7, 11) is 0. The summed E-state index contributed by atoms with van der Waals surface area (Å²) < 4.78 is 5.73. The van der Waals surface area contributed by atoms with Crippen molar-refractivity contribution in [2.45, 2.75) is 44.3 Å². The van der Waals surface area contributed by atoms with E-state index in [4.69, 9.17) is 4.74 Å². The molecule has 0 aromatic heterocycles. The molecule has 2 aromatic carbocycles. The lowest BCUT2D eigenvalue weighted by molar-refractivity contribution is -0.143. The van der Waals surface area contributed by atoms with Crippen LogP contribution >= 0.6 is 0 Å². The molecule has 106 valence electrons. The Morgan fingerprint density at radius 3 is 2.65 bits per heavy atom. The summed E-state index contributed by atoms with van der Waals surface area (Å²) in [5, 5.41) is 13.4. The Morgan fingerprint density at radius 2 is 1.85 bits per heavy atom. The summed E-state index contributed by atoms with van der Waals surface area (Å²) >= 11 is 0. The quantitative estimate of drug-likeness (QED) is 0.901. The maximum Gasteiger partial charge on any atom is 0.0737 e. The van der Waals surface area contributed by atoms with Crippen molar-refractivity contribution >= 4 is 10.8 Å². The topological polar surface area (TPSA) is 29.5 Å². The van der Waals surface area contributed by atoms with Gasteiger partial charge in [0.25, 0.3) is 0 Å².